The van der Waals surface area contributed by atoms with Crippen molar-refractivity contribution in [3.63, 3.8) is 0 Å². The first-order valence-electron chi connectivity index (χ1n) is 11.1. The maximum Gasteiger partial charge on any atom is 0.220 e. The molecule has 0 unspecified atom stereocenters. The molecule has 1 saturated heterocycles. The Hall–Kier alpha value is -4.07. The van der Waals surface area contributed by atoms with Gasteiger partial charge in [0, 0.05) is 60.7 Å². The van der Waals surface area contributed by atoms with Gasteiger partial charge in [0.1, 0.15) is 11.6 Å². The van der Waals surface area contributed by atoms with E-state index < -0.39 is 0 Å². The molecule has 0 spiro atoms. The second kappa shape index (κ2) is 9.20. The van der Waals surface area contributed by atoms with Crippen LogP contribution in [0.3, 0.4) is 0 Å². The number of benzene rings is 1. The number of rotatable bonds is 6. The molecule has 0 radical (unpaired) electrons. The summed E-state index contributed by atoms with van der Waals surface area (Å²) < 4.78 is 0. The standard InChI is InChI=1S/C25H25N7O/c26-22(33)17-9-14-32(15-10-17)25-19(4-3-11-28-25)16-29-24-20-5-1-2-6-21(20)30-23(31-24)18-7-12-27-13-8-18/h1-8,11-13,17H,9-10,14-16H2,(H2,26,33)(H,29,30,31). The summed E-state index contributed by atoms with van der Waals surface area (Å²) in [4.78, 5) is 32.0. The zero-order chi connectivity index (χ0) is 22.6. The average Bonchev–Trinajstić information content (AvgIpc) is 2.88. The van der Waals surface area contributed by atoms with Crippen LogP contribution in [0, 0.1) is 5.92 Å². The molecule has 0 aliphatic carbocycles. The number of nitrogens with zero attached hydrogens (tertiary/aromatic N) is 5. The van der Waals surface area contributed by atoms with E-state index in [-0.39, 0.29) is 11.8 Å². The number of hydrogen-bond donors (Lipinski definition) is 2. The Morgan fingerprint density at radius 1 is 1.00 bits per heavy atom. The number of nitrogens with two attached hydrogens (primary N) is 1. The number of primary amides is 1. The van der Waals surface area contributed by atoms with Crippen molar-refractivity contribution in [1.29, 1.82) is 0 Å². The number of carbonyl (C=O) groups excluding carboxylic acids is 1. The first kappa shape index (κ1) is 20.8. The Morgan fingerprint density at radius 2 is 1.79 bits per heavy atom. The minimum Gasteiger partial charge on any atom is -0.369 e. The van der Waals surface area contributed by atoms with Crippen LogP contribution in [0.1, 0.15) is 18.4 Å². The molecule has 4 aromatic rings. The zero-order valence-corrected chi connectivity index (χ0v) is 18.2. The Balaban J connectivity index is 1.41. The largest absolute Gasteiger partial charge is 0.369 e. The van der Waals surface area contributed by atoms with Gasteiger partial charge in [-0.15, -0.1) is 0 Å². The molecule has 166 valence electrons. The predicted octanol–water partition coefficient (Wildman–Crippen LogP) is 3.40. The lowest BCUT2D eigenvalue weighted by atomic mass is 9.96. The molecule has 3 aromatic heterocycles. The van der Waals surface area contributed by atoms with Gasteiger partial charge in [-0.05, 0) is 43.2 Å². The molecular weight excluding hydrogens is 414 g/mol. The summed E-state index contributed by atoms with van der Waals surface area (Å²) in [5.74, 6) is 2.09. The van der Waals surface area contributed by atoms with Crippen molar-refractivity contribution >= 4 is 28.4 Å². The van der Waals surface area contributed by atoms with Crippen LogP contribution in [0.5, 0.6) is 0 Å². The third-order valence-electron chi connectivity index (χ3n) is 6.05. The lowest BCUT2D eigenvalue weighted by molar-refractivity contribution is -0.122. The van der Waals surface area contributed by atoms with E-state index in [1.54, 1.807) is 18.6 Å². The van der Waals surface area contributed by atoms with E-state index in [0.717, 1.165) is 59.6 Å². The fourth-order valence-electron chi connectivity index (χ4n) is 4.25. The van der Waals surface area contributed by atoms with Crippen LogP contribution >= 0.6 is 0 Å². The van der Waals surface area contributed by atoms with Crippen molar-refractivity contribution < 1.29 is 4.79 Å². The summed E-state index contributed by atoms with van der Waals surface area (Å²) in [7, 11) is 0. The monoisotopic (exact) mass is 439 g/mol. The van der Waals surface area contributed by atoms with Crippen molar-refractivity contribution in [3.05, 3.63) is 72.7 Å². The van der Waals surface area contributed by atoms with Crippen LogP contribution in [0.25, 0.3) is 22.3 Å². The van der Waals surface area contributed by atoms with Gasteiger partial charge in [0.2, 0.25) is 5.91 Å². The SMILES string of the molecule is NC(=O)C1CCN(c2ncccc2CNc2nc(-c3ccncc3)nc3ccccc23)CC1. The summed E-state index contributed by atoms with van der Waals surface area (Å²) >= 11 is 0. The van der Waals surface area contributed by atoms with E-state index in [0.29, 0.717) is 12.4 Å². The average molecular weight is 440 g/mol. The summed E-state index contributed by atoms with van der Waals surface area (Å²) in [6.45, 7) is 2.09. The van der Waals surface area contributed by atoms with E-state index in [1.807, 2.05) is 42.5 Å². The van der Waals surface area contributed by atoms with Gasteiger partial charge in [-0.25, -0.2) is 15.0 Å². The zero-order valence-electron chi connectivity index (χ0n) is 18.2. The molecule has 8 nitrogen and oxygen atoms in total. The van der Waals surface area contributed by atoms with Crippen LogP contribution in [0.4, 0.5) is 11.6 Å². The van der Waals surface area contributed by atoms with Gasteiger partial charge in [0.05, 0.1) is 5.52 Å². The number of piperidine rings is 1. The molecule has 0 bridgehead atoms. The van der Waals surface area contributed by atoms with Gasteiger partial charge in [-0.1, -0.05) is 18.2 Å². The number of pyridine rings is 2. The normalized spacial score (nSPS) is 14.4. The van der Waals surface area contributed by atoms with E-state index in [9.17, 15) is 4.79 Å². The number of nitrogens with one attached hydrogen (secondary N) is 1. The minimum atomic E-state index is -0.210. The first-order valence-corrected chi connectivity index (χ1v) is 11.1. The molecule has 1 fully saturated rings. The number of carbonyl (C=O) groups is 1. The van der Waals surface area contributed by atoms with E-state index in [1.165, 1.54) is 0 Å². The van der Waals surface area contributed by atoms with Crippen LogP contribution in [0.15, 0.2) is 67.1 Å². The van der Waals surface area contributed by atoms with Gasteiger partial charge in [0.25, 0.3) is 0 Å². The molecular formula is C25H25N7O. The summed E-state index contributed by atoms with van der Waals surface area (Å²) in [5.41, 5.74) is 8.36. The second-order valence-electron chi connectivity index (χ2n) is 8.15. The number of para-hydroxylation sites is 1. The molecule has 0 atom stereocenters. The molecule has 8 heteroatoms. The predicted molar refractivity (Wildman–Crippen MR) is 128 cm³/mol. The lowest BCUT2D eigenvalue weighted by Crippen LogP contribution is -2.39. The molecule has 33 heavy (non-hydrogen) atoms. The quantitative estimate of drug-likeness (QED) is 0.474. The Kier molecular flexibility index (Phi) is 5.80. The summed E-state index contributed by atoms with van der Waals surface area (Å²) in [6.07, 6.45) is 6.80. The van der Waals surface area contributed by atoms with Crippen molar-refractivity contribution in [3.8, 4) is 11.4 Å². The Bertz CT molecular complexity index is 1270. The lowest BCUT2D eigenvalue weighted by Gasteiger charge is -2.32. The maximum absolute atomic E-state index is 11.5. The first-order chi connectivity index (χ1) is 16.2. The third-order valence-corrected chi connectivity index (χ3v) is 6.05. The van der Waals surface area contributed by atoms with Crippen LogP contribution in [-0.2, 0) is 11.3 Å². The molecule has 1 aliphatic heterocycles. The topological polar surface area (TPSA) is 110 Å². The van der Waals surface area contributed by atoms with Crippen molar-refractivity contribution in [2.45, 2.75) is 19.4 Å². The highest BCUT2D eigenvalue weighted by Crippen LogP contribution is 2.28. The highest BCUT2D eigenvalue weighted by atomic mass is 16.1. The van der Waals surface area contributed by atoms with Gasteiger partial charge in [-0.2, -0.15) is 0 Å². The Labute approximate surface area is 191 Å². The number of hydrogen-bond acceptors (Lipinski definition) is 7. The molecule has 1 aliphatic rings. The van der Waals surface area contributed by atoms with Gasteiger partial charge in [-0.3, -0.25) is 9.78 Å². The highest BCUT2D eigenvalue weighted by Gasteiger charge is 2.25. The molecule has 1 amide bonds. The fourth-order valence-corrected chi connectivity index (χ4v) is 4.25. The fraction of sp³-hybridized carbons (Fsp3) is 0.240. The molecule has 0 saturated carbocycles. The highest BCUT2D eigenvalue weighted by molar-refractivity contribution is 5.90. The van der Waals surface area contributed by atoms with Gasteiger partial charge < -0.3 is 16.0 Å². The summed E-state index contributed by atoms with van der Waals surface area (Å²) in [6, 6.07) is 15.8. The Morgan fingerprint density at radius 3 is 2.58 bits per heavy atom. The van der Waals surface area contributed by atoms with E-state index >= 15 is 0 Å². The van der Waals surface area contributed by atoms with Gasteiger partial charge in [0.15, 0.2) is 5.82 Å². The van der Waals surface area contributed by atoms with E-state index in [2.05, 4.69) is 26.3 Å². The summed E-state index contributed by atoms with van der Waals surface area (Å²) in [5, 5.41) is 4.47. The maximum atomic E-state index is 11.5. The number of fused-ring (bicyclic) bond motifs is 1. The third kappa shape index (κ3) is 4.45. The molecule has 4 heterocycles. The minimum absolute atomic E-state index is 0.0504. The molecule has 5 rings (SSSR count). The smallest absolute Gasteiger partial charge is 0.220 e. The number of anilines is 2. The number of amides is 1. The molecule has 3 N–H and O–H groups in total. The van der Waals surface area contributed by atoms with Crippen LogP contribution < -0.4 is 16.0 Å². The van der Waals surface area contributed by atoms with Crippen LogP contribution in [-0.4, -0.2) is 38.9 Å². The van der Waals surface area contributed by atoms with Crippen molar-refractivity contribution in [1.82, 2.24) is 19.9 Å². The van der Waals surface area contributed by atoms with E-state index in [4.69, 9.17) is 15.7 Å². The van der Waals surface area contributed by atoms with Crippen molar-refractivity contribution in [2.24, 2.45) is 11.7 Å². The van der Waals surface area contributed by atoms with Gasteiger partial charge >= 0.3 is 0 Å². The second-order valence-corrected chi connectivity index (χ2v) is 8.15. The molecule has 1 aromatic carbocycles. The van der Waals surface area contributed by atoms with Crippen molar-refractivity contribution in [2.75, 3.05) is 23.3 Å². The van der Waals surface area contributed by atoms with Crippen LogP contribution in [0.2, 0.25) is 0 Å². The number of aromatic nitrogens is 4.